The van der Waals surface area contributed by atoms with Crippen LogP contribution >= 0.6 is 0 Å². The smallest absolute Gasteiger partial charge is 0.0750 e. The highest BCUT2D eigenvalue weighted by Gasteiger charge is 2.20. The molecular weight excluding hydrogens is 248 g/mol. The van der Waals surface area contributed by atoms with Gasteiger partial charge in [0.25, 0.3) is 0 Å². The summed E-state index contributed by atoms with van der Waals surface area (Å²) < 4.78 is 5.76. The highest BCUT2D eigenvalue weighted by atomic mass is 16.5. The van der Waals surface area contributed by atoms with Gasteiger partial charge in [-0.2, -0.15) is 0 Å². The lowest BCUT2D eigenvalue weighted by molar-refractivity contribution is 0.116. The van der Waals surface area contributed by atoms with Gasteiger partial charge >= 0.3 is 0 Å². The summed E-state index contributed by atoms with van der Waals surface area (Å²) in [6.45, 7) is 7.32. The fourth-order valence-corrected chi connectivity index (χ4v) is 3.04. The second kappa shape index (κ2) is 7.65. The van der Waals surface area contributed by atoms with Gasteiger partial charge in [-0.25, -0.2) is 0 Å². The van der Waals surface area contributed by atoms with Crippen LogP contribution in [0.2, 0.25) is 0 Å². The summed E-state index contributed by atoms with van der Waals surface area (Å²) in [6, 6.07) is 9.17. The molecule has 2 atom stereocenters. The molecule has 20 heavy (non-hydrogen) atoms. The molecule has 1 fully saturated rings. The first-order valence-electron chi connectivity index (χ1n) is 7.91. The highest BCUT2D eigenvalue weighted by molar-refractivity contribution is 5.54. The van der Waals surface area contributed by atoms with E-state index in [1.807, 2.05) is 0 Å². The van der Waals surface area contributed by atoms with E-state index in [2.05, 4.69) is 55.4 Å². The lowest BCUT2D eigenvalue weighted by atomic mass is 10.0. The van der Waals surface area contributed by atoms with Crippen molar-refractivity contribution < 1.29 is 4.74 Å². The third-order valence-electron chi connectivity index (χ3n) is 4.08. The van der Waals surface area contributed by atoms with Crippen molar-refractivity contribution >= 4 is 5.69 Å². The lowest BCUT2D eigenvalue weighted by Crippen LogP contribution is -2.30. The Bertz CT molecular complexity index is 402. The van der Waals surface area contributed by atoms with Gasteiger partial charge in [-0.1, -0.05) is 32.0 Å². The molecule has 3 heteroatoms. The van der Waals surface area contributed by atoms with E-state index >= 15 is 0 Å². The standard InChI is InChI=1S/C17H28N2O/c1-4-16(18-5-2)15-10-6-7-11-17(15)19(3)13-14-9-8-12-20-14/h6-7,10-11,14,16,18H,4-5,8-9,12-13H2,1-3H3. The normalized spacial score (nSPS) is 20.1. The third-order valence-corrected chi connectivity index (χ3v) is 4.08. The summed E-state index contributed by atoms with van der Waals surface area (Å²) in [6.07, 6.45) is 3.90. The molecule has 2 rings (SSSR count). The molecule has 0 spiro atoms. The summed E-state index contributed by atoms with van der Waals surface area (Å²) in [5, 5.41) is 3.58. The first-order chi connectivity index (χ1) is 9.76. The molecule has 1 aromatic carbocycles. The van der Waals surface area contributed by atoms with Gasteiger partial charge in [-0.05, 0) is 37.4 Å². The largest absolute Gasteiger partial charge is 0.376 e. The maximum Gasteiger partial charge on any atom is 0.0750 e. The van der Waals surface area contributed by atoms with Crippen LogP contribution in [0.1, 0.15) is 44.7 Å². The van der Waals surface area contributed by atoms with Gasteiger partial charge in [-0.15, -0.1) is 0 Å². The number of benzene rings is 1. The van der Waals surface area contributed by atoms with Crippen LogP contribution in [0.4, 0.5) is 5.69 Å². The maximum absolute atomic E-state index is 5.76. The number of ether oxygens (including phenoxy) is 1. The zero-order chi connectivity index (χ0) is 14.4. The Morgan fingerprint density at radius 2 is 2.15 bits per heavy atom. The summed E-state index contributed by atoms with van der Waals surface area (Å²) in [4.78, 5) is 2.35. The van der Waals surface area contributed by atoms with Gasteiger partial charge < -0.3 is 15.0 Å². The van der Waals surface area contributed by atoms with Crippen LogP contribution in [-0.2, 0) is 4.74 Å². The summed E-state index contributed by atoms with van der Waals surface area (Å²) in [7, 11) is 2.18. The Balaban J connectivity index is 2.12. The Kier molecular flexibility index (Phi) is 5.86. The van der Waals surface area contributed by atoms with Gasteiger partial charge in [0.2, 0.25) is 0 Å². The number of hydrogen-bond donors (Lipinski definition) is 1. The van der Waals surface area contributed by atoms with Crippen LogP contribution in [-0.4, -0.2) is 32.8 Å². The van der Waals surface area contributed by atoms with Crippen molar-refractivity contribution in [2.75, 3.05) is 31.6 Å². The summed E-state index contributed by atoms with van der Waals surface area (Å²) >= 11 is 0. The molecule has 0 bridgehead atoms. The van der Waals surface area contributed by atoms with Gasteiger partial charge in [-0.3, -0.25) is 0 Å². The molecule has 1 aromatic rings. The molecule has 1 aliphatic rings. The second-order valence-corrected chi connectivity index (χ2v) is 5.59. The zero-order valence-electron chi connectivity index (χ0n) is 13.1. The Morgan fingerprint density at radius 3 is 2.80 bits per heavy atom. The van der Waals surface area contributed by atoms with Gasteiger partial charge in [0.1, 0.15) is 0 Å². The van der Waals surface area contributed by atoms with Crippen molar-refractivity contribution in [3.63, 3.8) is 0 Å². The van der Waals surface area contributed by atoms with E-state index in [0.717, 1.165) is 26.1 Å². The van der Waals surface area contributed by atoms with E-state index in [1.54, 1.807) is 0 Å². The molecule has 1 N–H and O–H groups in total. The van der Waals surface area contributed by atoms with E-state index in [4.69, 9.17) is 4.74 Å². The number of likely N-dealkylation sites (N-methyl/N-ethyl adjacent to an activating group) is 1. The molecule has 1 saturated heterocycles. The molecule has 1 heterocycles. The Labute approximate surface area is 123 Å². The van der Waals surface area contributed by atoms with Gasteiger partial charge in [0.05, 0.1) is 6.10 Å². The first kappa shape index (κ1) is 15.3. The zero-order valence-corrected chi connectivity index (χ0v) is 13.1. The Morgan fingerprint density at radius 1 is 1.35 bits per heavy atom. The van der Waals surface area contributed by atoms with Crippen molar-refractivity contribution in [2.45, 2.75) is 45.3 Å². The predicted molar refractivity (Wildman–Crippen MR) is 85.4 cm³/mol. The quantitative estimate of drug-likeness (QED) is 0.826. The number of nitrogens with zero attached hydrogens (tertiary/aromatic N) is 1. The predicted octanol–water partition coefficient (Wildman–Crippen LogP) is 3.36. The van der Waals surface area contributed by atoms with Crippen molar-refractivity contribution in [2.24, 2.45) is 0 Å². The van der Waals surface area contributed by atoms with Crippen LogP contribution < -0.4 is 10.2 Å². The fraction of sp³-hybridized carbons (Fsp3) is 0.647. The van der Waals surface area contributed by atoms with E-state index < -0.39 is 0 Å². The minimum absolute atomic E-state index is 0.396. The number of anilines is 1. The minimum atomic E-state index is 0.396. The maximum atomic E-state index is 5.76. The van der Waals surface area contributed by atoms with Crippen molar-refractivity contribution in [1.29, 1.82) is 0 Å². The highest BCUT2D eigenvalue weighted by Crippen LogP contribution is 2.28. The topological polar surface area (TPSA) is 24.5 Å². The van der Waals surface area contributed by atoms with Crippen LogP contribution in [0.25, 0.3) is 0 Å². The van der Waals surface area contributed by atoms with E-state index in [0.29, 0.717) is 12.1 Å². The number of nitrogens with one attached hydrogen (secondary N) is 1. The van der Waals surface area contributed by atoms with Gasteiger partial charge in [0.15, 0.2) is 0 Å². The van der Waals surface area contributed by atoms with Crippen LogP contribution in [0, 0.1) is 0 Å². The molecule has 2 unspecified atom stereocenters. The average Bonchev–Trinajstić information content (AvgIpc) is 2.97. The first-order valence-corrected chi connectivity index (χ1v) is 7.91. The molecular formula is C17H28N2O. The minimum Gasteiger partial charge on any atom is -0.376 e. The molecule has 0 amide bonds. The van der Waals surface area contributed by atoms with Crippen molar-refractivity contribution in [3.8, 4) is 0 Å². The molecule has 0 aliphatic carbocycles. The van der Waals surface area contributed by atoms with Crippen LogP contribution in [0.15, 0.2) is 24.3 Å². The fourth-order valence-electron chi connectivity index (χ4n) is 3.04. The molecule has 0 aromatic heterocycles. The summed E-state index contributed by atoms with van der Waals surface area (Å²) in [5.74, 6) is 0. The second-order valence-electron chi connectivity index (χ2n) is 5.59. The lowest BCUT2D eigenvalue weighted by Gasteiger charge is -2.28. The molecule has 0 saturated carbocycles. The van der Waals surface area contributed by atoms with E-state index in [9.17, 15) is 0 Å². The Hall–Kier alpha value is -1.06. The monoisotopic (exact) mass is 276 g/mol. The van der Waals surface area contributed by atoms with E-state index in [-0.39, 0.29) is 0 Å². The van der Waals surface area contributed by atoms with E-state index in [1.165, 1.54) is 24.1 Å². The number of hydrogen-bond acceptors (Lipinski definition) is 3. The molecule has 1 aliphatic heterocycles. The number of rotatable bonds is 7. The molecule has 0 radical (unpaired) electrons. The molecule has 112 valence electrons. The van der Waals surface area contributed by atoms with Crippen LogP contribution in [0.5, 0.6) is 0 Å². The summed E-state index contributed by atoms with van der Waals surface area (Å²) in [5.41, 5.74) is 2.73. The third kappa shape index (κ3) is 3.74. The SMILES string of the molecule is CCNC(CC)c1ccccc1N(C)CC1CCCO1. The van der Waals surface area contributed by atoms with Crippen molar-refractivity contribution in [1.82, 2.24) is 5.32 Å². The van der Waals surface area contributed by atoms with Crippen LogP contribution in [0.3, 0.4) is 0 Å². The number of para-hydroxylation sites is 1. The molecule has 3 nitrogen and oxygen atoms in total. The average molecular weight is 276 g/mol. The van der Waals surface area contributed by atoms with Crippen molar-refractivity contribution in [3.05, 3.63) is 29.8 Å². The van der Waals surface area contributed by atoms with Gasteiger partial charge in [0, 0.05) is 31.9 Å².